The lowest BCUT2D eigenvalue weighted by Gasteiger charge is -2.30. The SMILES string of the molecule is CCCC(Nc1ccc(N2CCNCC2)c(F)c1)C(=O)NC=O. The summed E-state index contributed by atoms with van der Waals surface area (Å²) in [4.78, 5) is 24.2. The lowest BCUT2D eigenvalue weighted by atomic mass is 10.1. The normalized spacial score (nSPS) is 15.8. The summed E-state index contributed by atoms with van der Waals surface area (Å²) in [6, 6.07) is 4.32. The third-order valence-electron chi connectivity index (χ3n) is 3.84. The summed E-state index contributed by atoms with van der Waals surface area (Å²) in [6.45, 7) is 5.15. The highest BCUT2D eigenvalue weighted by Gasteiger charge is 2.19. The molecule has 1 aromatic carbocycles. The maximum absolute atomic E-state index is 14.4. The van der Waals surface area contributed by atoms with Crippen LogP contribution >= 0.6 is 0 Å². The minimum absolute atomic E-state index is 0.317. The fraction of sp³-hybridized carbons (Fsp3) is 0.500. The number of halogens is 1. The number of amides is 2. The first-order valence-electron chi connectivity index (χ1n) is 7.91. The molecule has 7 heteroatoms. The molecule has 6 nitrogen and oxygen atoms in total. The minimum atomic E-state index is -0.561. The highest BCUT2D eigenvalue weighted by molar-refractivity contribution is 5.91. The second-order valence-corrected chi connectivity index (χ2v) is 5.52. The fourth-order valence-electron chi connectivity index (χ4n) is 2.68. The second kappa shape index (κ2) is 8.47. The van der Waals surface area contributed by atoms with Gasteiger partial charge in [0.15, 0.2) is 0 Å². The van der Waals surface area contributed by atoms with E-state index < -0.39 is 11.9 Å². The van der Waals surface area contributed by atoms with Gasteiger partial charge in [-0.15, -0.1) is 0 Å². The number of imide groups is 1. The Kier molecular flexibility index (Phi) is 6.34. The fourth-order valence-corrected chi connectivity index (χ4v) is 2.68. The van der Waals surface area contributed by atoms with E-state index in [1.807, 2.05) is 11.8 Å². The van der Waals surface area contributed by atoms with E-state index in [9.17, 15) is 14.0 Å². The predicted octanol–water partition coefficient (Wildman–Crippen LogP) is 1.09. The standard InChI is InChI=1S/C16H23FN4O2/c1-2-3-14(16(23)19-11-22)20-12-4-5-15(13(17)10-12)21-8-6-18-7-9-21/h4-5,10-11,14,18,20H,2-3,6-9H2,1H3,(H,19,22,23). The van der Waals surface area contributed by atoms with Crippen molar-refractivity contribution in [1.29, 1.82) is 0 Å². The van der Waals surface area contributed by atoms with Gasteiger partial charge >= 0.3 is 0 Å². The molecule has 2 rings (SSSR count). The molecular weight excluding hydrogens is 299 g/mol. The summed E-state index contributed by atoms with van der Waals surface area (Å²) in [5.41, 5.74) is 1.10. The monoisotopic (exact) mass is 322 g/mol. The molecule has 1 unspecified atom stereocenters. The van der Waals surface area contributed by atoms with E-state index in [2.05, 4.69) is 16.0 Å². The molecule has 0 bridgehead atoms. The molecule has 1 aromatic rings. The molecule has 2 amide bonds. The Balaban J connectivity index is 2.08. The third-order valence-corrected chi connectivity index (χ3v) is 3.84. The van der Waals surface area contributed by atoms with E-state index in [0.29, 0.717) is 24.2 Å². The Labute approximate surface area is 135 Å². The summed E-state index contributed by atoms with van der Waals surface area (Å²) in [5.74, 6) is -0.726. The number of anilines is 2. The number of hydrogen-bond donors (Lipinski definition) is 3. The van der Waals surface area contributed by atoms with Gasteiger partial charge in [0.25, 0.3) is 0 Å². The molecule has 0 aliphatic carbocycles. The molecule has 126 valence electrons. The highest BCUT2D eigenvalue weighted by Crippen LogP contribution is 2.24. The van der Waals surface area contributed by atoms with Crippen LogP contribution in [-0.2, 0) is 9.59 Å². The van der Waals surface area contributed by atoms with Gasteiger partial charge in [-0.25, -0.2) is 4.39 Å². The number of nitrogens with zero attached hydrogens (tertiary/aromatic N) is 1. The Morgan fingerprint density at radius 3 is 2.78 bits per heavy atom. The number of hydrogen-bond acceptors (Lipinski definition) is 5. The first-order valence-corrected chi connectivity index (χ1v) is 7.91. The van der Waals surface area contributed by atoms with Gasteiger partial charge in [-0.05, 0) is 24.6 Å². The molecule has 0 aromatic heterocycles. The molecule has 3 N–H and O–H groups in total. The molecule has 23 heavy (non-hydrogen) atoms. The van der Waals surface area contributed by atoms with Crippen LogP contribution in [0.1, 0.15) is 19.8 Å². The number of piperazine rings is 1. The van der Waals surface area contributed by atoms with Gasteiger partial charge in [0.2, 0.25) is 12.3 Å². The van der Waals surface area contributed by atoms with E-state index in [1.54, 1.807) is 12.1 Å². The van der Waals surface area contributed by atoms with E-state index in [0.717, 1.165) is 32.6 Å². The van der Waals surface area contributed by atoms with Crippen LogP contribution in [0.2, 0.25) is 0 Å². The molecule has 0 spiro atoms. The van der Waals surface area contributed by atoms with Gasteiger partial charge in [-0.2, -0.15) is 0 Å². The molecule has 1 atom stereocenters. The minimum Gasteiger partial charge on any atom is -0.374 e. The van der Waals surface area contributed by atoms with Crippen molar-refractivity contribution in [3.63, 3.8) is 0 Å². The summed E-state index contributed by atoms with van der Waals surface area (Å²) in [7, 11) is 0. The zero-order valence-electron chi connectivity index (χ0n) is 13.3. The smallest absolute Gasteiger partial charge is 0.248 e. The molecule has 0 radical (unpaired) electrons. The van der Waals surface area contributed by atoms with Crippen molar-refractivity contribution >= 4 is 23.7 Å². The van der Waals surface area contributed by atoms with Gasteiger partial charge in [0.1, 0.15) is 11.9 Å². The Hall–Kier alpha value is -2.15. The van der Waals surface area contributed by atoms with Crippen LogP contribution in [0.15, 0.2) is 18.2 Å². The van der Waals surface area contributed by atoms with E-state index in [-0.39, 0.29) is 5.82 Å². The largest absolute Gasteiger partial charge is 0.374 e. The van der Waals surface area contributed by atoms with Crippen molar-refractivity contribution in [3.8, 4) is 0 Å². The van der Waals surface area contributed by atoms with Crippen molar-refractivity contribution < 1.29 is 14.0 Å². The van der Waals surface area contributed by atoms with Crippen molar-refractivity contribution in [2.45, 2.75) is 25.8 Å². The molecule has 1 aliphatic rings. The molecule has 1 aliphatic heterocycles. The van der Waals surface area contributed by atoms with Gasteiger partial charge < -0.3 is 15.5 Å². The van der Waals surface area contributed by atoms with Crippen LogP contribution in [0.4, 0.5) is 15.8 Å². The number of nitrogens with one attached hydrogen (secondary N) is 3. The van der Waals surface area contributed by atoms with Crippen molar-refractivity contribution in [2.24, 2.45) is 0 Å². The molecule has 1 heterocycles. The molecular formula is C16H23FN4O2. The maximum Gasteiger partial charge on any atom is 0.248 e. The number of rotatable bonds is 7. The summed E-state index contributed by atoms with van der Waals surface area (Å²) >= 11 is 0. The lowest BCUT2D eigenvalue weighted by Crippen LogP contribution is -2.43. The van der Waals surface area contributed by atoms with Crippen LogP contribution in [0.5, 0.6) is 0 Å². The Morgan fingerprint density at radius 2 is 2.17 bits per heavy atom. The Bertz CT molecular complexity index is 547. The predicted molar refractivity (Wildman–Crippen MR) is 88.0 cm³/mol. The average Bonchev–Trinajstić information content (AvgIpc) is 2.55. The van der Waals surface area contributed by atoms with E-state index in [4.69, 9.17) is 0 Å². The van der Waals surface area contributed by atoms with Crippen LogP contribution in [-0.4, -0.2) is 44.5 Å². The van der Waals surface area contributed by atoms with Gasteiger partial charge in [0.05, 0.1) is 5.69 Å². The van der Waals surface area contributed by atoms with Crippen LogP contribution in [0.25, 0.3) is 0 Å². The Morgan fingerprint density at radius 1 is 1.43 bits per heavy atom. The second-order valence-electron chi connectivity index (χ2n) is 5.52. The first-order chi connectivity index (χ1) is 11.2. The number of benzene rings is 1. The summed E-state index contributed by atoms with van der Waals surface area (Å²) in [5, 5.41) is 8.36. The van der Waals surface area contributed by atoms with Crippen molar-refractivity contribution in [1.82, 2.24) is 10.6 Å². The molecule has 1 saturated heterocycles. The van der Waals surface area contributed by atoms with Gasteiger partial charge in [-0.1, -0.05) is 13.3 Å². The topological polar surface area (TPSA) is 73.5 Å². The number of carbonyl (C=O) groups excluding carboxylic acids is 2. The lowest BCUT2D eigenvalue weighted by molar-refractivity contribution is -0.125. The first kappa shape index (κ1) is 17.2. The zero-order valence-corrected chi connectivity index (χ0v) is 13.3. The molecule has 0 saturated carbocycles. The maximum atomic E-state index is 14.4. The number of carbonyl (C=O) groups is 2. The summed E-state index contributed by atoms with van der Waals surface area (Å²) < 4.78 is 14.4. The van der Waals surface area contributed by atoms with Gasteiger partial charge in [0, 0.05) is 31.9 Å². The van der Waals surface area contributed by atoms with E-state index >= 15 is 0 Å². The van der Waals surface area contributed by atoms with E-state index in [1.165, 1.54) is 6.07 Å². The average molecular weight is 322 g/mol. The van der Waals surface area contributed by atoms with Gasteiger partial charge in [-0.3, -0.25) is 14.9 Å². The summed E-state index contributed by atoms with van der Waals surface area (Å²) in [6.07, 6.45) is 1.69. The van der Waals surface area contributed by atoms with Crippen LogP contribution in [0.3, 0.4) is 0 Å². The van der Waals surface area contributed by atoms with Crippen molar-refractivity contribution in [3.05, 3.63) is 24.0 Å². The third kappa shape index (κ3) is 4.66. The van der Waals surface area contributed by atoms with Crippen molar-refractivity contribution in [2.75, 3.05) is 36.4 Å². The molecule has 1 fully saturated rings. The van der Waals surface area contributed by atoms with Crippen LogP contribution in [0, 0.1) is 5.82 Å². The highest BCUT2D eigenvalue weighted by atomic mass is 19.1. The quantitative estimate of drug-likeness (QED) is 0.655. The van der Waals surface area contributed by atoms with Crippen LogP contribution < -0.4 is 20.9 Å². The zero-order chi connectivity index (χ0) is 16.7.